The van der Waals surface area contributed by atoms with E-state index in [4.69, 9.17) is 16.2 Å². The van der Waals surface area contributed by atoms with Crippen molar-refractivity contribution in [1.29, 1.82) is 0 Å². The number of nitrogens with two attached hydrogens (primary N) is 2. The molecule has 0 spiro atoms. The van der Waals surface area contributed by atoms with Crippen LogP contribution >= 0.6 is 0 Å². The first-order valence-corrected chi connectivity index (χ1v) is 4.63. The molecule has 1 aliphatic rings. The van der Waals surface area contributed by atoms with Crippen LogP contribution in [0.25, 0.3) is 0 Å². The first kappa shape index (κ1) is 9.51. The van der Waals surface area contributed by atoms with Crippen molar-refractivity contribution in [1.82, 2.24) is 0 Å². The van der Waals surface area contributed by atoms with E-state index in [-0.39, 0.29) is 5.96 Å². The van der Waals surface area contributed by atoms with E-state index in [1.165, 1.54) is 5.56 Å². The number of benzene rings is 1. The molecule has 0 bridgehead atoms. The van der Waals surface area contributed by atoms with E-state index in [0.717, 1.165) is 24.3 Å². The Hall–Kier alpha value is -2.04. The first-order chi connectivity index (χ1) is 7.25. The molecule has 0 saturated carbocycles. The Morgan fingerprint density at radius 2 is 2.27 bits per heavy atom. The average molecular weight is 204 g/mol. The molecular formula is C10H12N4O. The second-order valence-corrected chi connectivity index (χ2v) is 3.24. The molecule has 0 amide bonds. The molecule has 5 heteroatoms. The molecule has 0 saturated heterocycles. The molecule has 1 heterocycles. The predicted molar refractivity (Wildman–Crippen MR) is 59.0 cm³/mol. The topological polar surface area (TPSA) is 86.0 Å². The first-order valence-electron chi connectivity index (χ1n) is 4.63. The summed E-state index contributed by atoms with van der Waals surface area (Å²) in [6.07, 6.45) is 2.55. The molecule has 0 radical (unpaired) electrons. The molecule has 4 N–H and O–H groups in total. The lowest BCUT2D eigenvalue weighted by Crippen LogP contribution is -2.21. The van der Waals surface area contributed by atoms with Gasteiger partial charge in [0.15, 0.2) is 0 Å². The molecule has 0 aliphatic carbocycles. The Balaban J connectivity index is 2.17. The van der Waals surface area contributed by atoms with Crippen LogP contribution in [0, 0.1) is 0 Å². The summed E-state index contributed by atoms with van der Waals surface area (Å²) in [5.41, 5.74) is 12.4. The summed E-state index contributed by atoms with van der Waals surface area (Å²) in [5.74, 6) is 0.907. The van der Waals surface area contributed by atoms with Crippen molar-refractivity contribution >= 4 is 12.2 Å². The van der Waals surface area contributed by atoms with Crippen LogP contribution in [-0.4, -0.2) is 18.8 Å². The van der Waals surface area contributed by atoms with Crippen molar-refractivity contribution in [3.63, 3.8) is 0 Å². The van der Waals surface area contributed by atoms with Gasteiger partial charge in [-0.2, -0.15) is 5.10 Å². The van der Waals surface area contributed by atoms with Crippen molar-refractivity contribution < 1.29 is 4.74 Å². The summed E-state index contributed by atoms with van der Waals surface area (Å²) in [6.45, 7) is 0.754. The quantitative estimate of drug-likeness (QED) is 0.410. The fourth-order valence-electron chi connectivity index (χ4n) is 1.45. The lowest BCUT2D eigenvalue weighted by Gasteiger charge is -1.98. The van der Waals surface area contributed by atoms with Crippen molar-refractivity contribution in [2.24, 2.45) is 21.7 Å². The predicted octanol–water partition coefficient (Wildman–Crippen LogP) is 0.229. The number of ether oxygens (including phenoxy) is 1. The summed E-state index contributed by atoms with van der Waals surface area (Å²) in [6, 6.07) is 5.86. The van der Waals surface area contributed by atoms with Crippen LogP contribution in [0.5, 0.6) is 5.75 Å². The van der Waals surface area contributed by atoms with Crippen LogP contribution in [0.2, 0.25) is 0 Å². The normalized spacial score (nSPS) is 13.6. The third-order valence-corrected chi connectivity index (χ3v) is 2.09. The van der Waals surface area contributed by atoms with E-state index >= 15 is 0 Å². The summed E-state index contributed by atoms with van der Waals surface area (Å²) in [7, 11) is 0. The van der Waals surface area contributed by atoms with Gasteiger partial charge in [0.05, 0.1) is 12.8 Å². The van der Waals surface area contributed by atoms with Crippen LogP contribution in [0.15, 0.2) is 28.4 Å². The molecule has 15 heavy (non-hydrogen) atoms. The van der Waals surface area contributed by atoms with Gasteiger partial charge in [-0.3, -0.25) is 0 Å². The molecule has 5 nitrogen and oxygen atoms in total. The highest BCUT2D eigenvalue weighted by Gasteiger charge is 2.10. The van der Waals surface area contributed by atoms with Gasteiger partial charge >= 0.3 is 0 Å². The van der Waals surface area contributed by atoms with Crippen LogP contribution in [-0.2, 0) is 6.42 Å². The molecule has 1 aromatic carbocycles. The largest absolute Gasteiger partial charge is 0.493 e. The number of nitrogens with zero attached hydrogens (tertiary/aromatic N) is 2. The Morgan fingerprint density at radius 1 is 1.40 bits per heavy atom. The Labute approximate surface area is 87.4 Å². The van der Waals surface area contributed by atoms with Gasteiger partial charge < -0.3 is 16.2 Å². The fraction of sp³-hybridized carbons (Fsp3) is 0.200. The molecule has 1 aliphatic heterocycles. The third-order valence-electron chi connectivity index (χ3n) is 2.09. The monoisotopic (exact) mass is 204 g/mol. The second-order valence-electron chi connectivity index (χ2n) is 3.24. The zero-order chi connectivity index (χ0) is 10.7. The minimum absolute atomic E-state index is 0.0456. The van der Waals surface area contributed by atoms with Gasteiger partial charge in [0.2, 0.25) is 5.96 Å². The number of fused-ring (bicyclic) bond motifs is 1. The van der Waals surface area contributed by atoms with Gasteiger partial charge in [-0.25, -0.2) is 0 Å². The van der Waals surface area contributed by atoms with E-state index < -0.39 is 0 Å². The number of hydrogen-bond donors (Lipinski definition) is 2. The van der Waals surface area contributed by atoms with Gasteiger partial charge in [0.1, 0.15) is 5.75 Å². The minimum atomic E-state index is -0.0456. The fourth-order valence-corrected chi connectivity index (χ4v) is 1.45. The highest BCUT2D eigenvalue weighted by Crippen LogP contribution is 2.25. The number of rotatable bonds is 2. The van der Waals surface area contributed by atoms with Crippen molar-refractivity contribution in [2.75, 3.05) is 6.61 Å². The van der Waals surface area contributed by atoms with E-state index in [2.05, 4.69) is 10.2 Å². The van der Waals surface area contributed by atoms with Crippen molar-refractivity contribution in [3.8, 4) is 5.75 Å². The highest BCUT2D eigenvalue weighted by atomic mass is 16.5. The molecule has 0 atom stereocenters. The number of guanidine groups is 1. The minimum Gasteiger partial charge on any atom is -0.493 e. The van der Waals surface area contributed by atoms with Gasteiger partial charge in [0, 0.05) is 6.42 Å². The second kappa shape index (κ2) is 4.00. The zero-order valence-electron chi connectivity index (χ0n) is 8.18. The van der Waals surface area contributed by atoms with E-state index in [1.807, 2.05) is 18.2 Å². The maximum Gasteiger partial charge on any atom is 0.211 e. The van der Waals surface area contributed by atoms with Crippen LogP contribution in [0.3, 0.4) is 0 Å². The Bertz CT molecular complexity index is 421. The third kappa shape index (κ3) is 2.25. The zero-order valence-corrected chi connectivity index (χ0v) is 8.18. The highest BCUT2D eigenvalue weighted by molar-refractivity contribution is 5.82. The molecular weight excluding hydrogens is 192 g/mol. The van der Waals surface area contributed by atoms with Gasteiger partial charge in [-0.15, -0.1) is 5.10 Å². The van der Waals surface area contributed by atoms with Crippen LogP contribution in [0.4, 0.5) is 0 Å². The van der Waals surface area contributed by atoms with Gasteiger partial charge in [-0.1, -0.05) is 0 Å². The summed E-state index contributed by atoms with van der Waals surface area (Å²) in [4.78, 5) is 0. The van der Waals surface area contributed by atoms with Crippen molar-refractivity contribution in [2.45, 2.75) is 6.42 Å². The van der Waals surface area contributed by atoms with Crippen molar-refractivity contribution in [3.05, 3.63) is 29.3 Å². The van der Waals surface area contributed by atoms with Crippen LogP contribution < -0.4 is 16.2 Å². The molecule has 0 aromatic heterocycles. The smallest absolute Gasteiger partial charge is 0.211 e. The van der Waals surface area contributed by atoms with E-state index in [1.54, 1.807) is 6.21 Å². The van der Waals surface area contributed by atoms with Crippen LogP contribution in [0.1, 0.15) is 11.1 Å². The maximum atomic E-state index is 5.38. The Kier molecular flexibility index (Phi) is 2.53. The standard InChI is InChI=1S/C10H12N4O/c11-10(12)14-13-6-7-1-2-9-8(5-7)3-4-15-9/h1-2,5-6H,3-4H2,(H4,11,12,14). The summed E-state index contributed by atoms with van der Waals surface area (Å²) in [5, 5.41) is 7.26. The average Bonchev–Trinajstić information content (AvgIpc) is 2.64. The molecule has 2 rings (SSSR count). The summed E-state index contributed by atoms with van der Waals surface area (Å²) < 4.78 is 5.38. The van der Waals surface area contributed by atoms with Gasteiger partial charge in [0.25, 0.3) is 0 Å². The maximum absolute atomic E-state index is 5.38. The van der Waals surface area contributed by atoms with E-state index in [9.17, 15) is 0 Å². The van der Waals surface area contributed by atoms with Gasteiger partial charge in [-0.05, 0) is 29.3 Å². The number of hydrogen-bond acceptors (Lipinski definition) is 3. The lowest BCUT2D eigenvalue weighted by molar-refractivity contribution is 0.357. The molecule has 78 valence electrons. The summed E-state index contributed by atoms with van der Waals surface area (Å²) >= 11 is 0. The lowest BCUT2D eigenvalue weighted by atomic mass is 10.1. The molecule has 0 fully saturated rings. The Morgan fingerprint density at radius 3 is 3.07 bits per heavy atom. The molecule has 0 unspecified atom stereocenters. The SMILES string of the molecule is NC(N)=NN=Cc1ccc2c(c1)CCO2. The molecule has 1 aromatic rings. The van der Waals surface area contributed by atoms with E-state index in [0.29, 0.717) is 0 Å².